The third kappa shape index (κ3) is 3.87. The molecule has 1 heterocycles. The minimum Gasteiger partial charge on any atom is -0.483 e. The lowest BCUT2D eigenvalue weighted by atomic mass is 10.0. The van der Waals surface area contributed by atoms with Crippen molar-refractivity contribution >= 4 is 23.0 Å². The van der Waals surface area contributed by atoms with Gasteiger partial charge in [0.2, 0.25) is 6.79 Å². The van der Waals surface area contributed by atoms with Gasteiger partial charge >= 0.3 is 0 Å². The average Bonchev–Trinajstić information content (AvgIpc) is 3.23. The molecule has 3 aromatic carbocycles. The van der Waals surface area contributed by atoms with Gasteiger partial charge in [-0.25, -0.2) is 0 Å². The van der Waals surface area contributed by atoms with Gasteiger partial charge in [-0.1, -0.05) is 36.4 Å². The van der Waals surface area contributed by atoms with Crippen LogP contribution >= 0.6 is 0 Å². The van der Waals surface area contributed by atoms with E-state index in [4.69, 9.17) is 14.2 Å². The van der Waals surface area contributed by atoms with Crippen molar-refractivity contribution in [3.63, 3.8) is 0 Å². The van der Waals surface area contributed by atoms with E-state index in [9.17, 15) is 9.59 Å². The molecule has 0 aromatic heterocycles. The van der Waals surface area contributed by atoms with Gasteiger partial charge in [0.15, 0.2) is 24.4 Å². The predicted molar refractivity (Wildman–Crippen MR) is 108 cm³/mol. The van der Waals surface area contributed by atoms with Crippen LogP contribution in [-0.2, 0) is 11.3 Å². The summed E-state index contributed by atoms with van der Waals surface area (Å²) in [5.74, 6) is 1.65. The van der Waals surface area contributed by atoms with Crippen molar-refractivity contribution in [2.75, 3.05) is 19.9 Å². The lowest BCUT2D eigenvalue weighted by Gasteiger charge is -2.21. The molecule has 6 nitrogen and oxygen atoms in total. The summed E-state index contributed by atoms with van der Waals surface area (Å²) in [5, 5.41) is 1.76. The number of ether oxygens (including phenoxy) is 3. The van der Waals surface area contributed by atoms with Crippen LogP contribution in [0.3, 0.4) is 0 Å². The monoisotopic (exact) mass is 391 g/mol. The second-order valence-electron chi connectivity index (χ2n) is 6.70. The number of amides is 1. The summed E-state index contributed by atoms with van der Waals surface area (Å²) in [6, 6.07) is 16.8. The Morgan fingerprint density at radius 3 is 2.76 bits per heavy atom. The van der Waals surface area contributed by atoms with Crippen LogP contribution in [0.2, 0.25) is 0 Å². The lowest BCUT2D eigenvalue weighted by Crippen LogP contribution is -2.34. The van der Waals surface area contributed by atoms with Crippen molar-refractivity contribution in [1.29, 1.82) is 0 Å². The molecule has 0 aliphatic carbocycles. The molecule has 1 amide bonds. The fraction of sp³-hybridized carbons (Fsp3) is 0.217. The van der Waals surface area contributed by atoms with E-state index in [0.29, 0.717) is 35.9 Å². The molecule has 0 spiro atoms. The summed E-state index contributed by atoms with van der Waals surface area (Å²) in [7, 11) is 0. The number of carbonyl (C=O) groups is 2. The van der Waals surface area contributed by atoms with Crippen LogP contribution in [-0.4, -0.2) is 37.0 Å². The van der Waals surface area contributed by atoms with Crippen molar-refractivity contribution in [3.05, 3.63) is 65.7 Å². The zero-order valence-electron chi connectivity index (χ0n) is 16.1. The standard InChI is InChI=1S/C23H21NO5/c1-2-24(12-16-7-9-21-22(11-16)29-15-28-21)23(26)14-27-20-10-8-17-5-3-4-6-18(17)19(20)13-25/h3-11,13H,2,12,14-15H2,1H3. The van der Waals surface area contributed by atoms with Crippen molar-refractivity contribution < 1.29 is 23.8 Å². The Balaban J connectivity index is 1.45. The summed E-state index contributed by atoms with van der Waals surface area (Å²) in [4.78, 5) is 26.0. The van der Waals surface area contributed by atoms with E-state index in [2.05, 4.69) is 0 Å². The van der Waals surface area contributed by atoms with Crippen LogP contribution in [0.1, 0.15) is 22.8 Å². The highest BCUT2D eigenvalue weighted by Gasteiger charge is 2.18. The van der Waals surface area contributed by atoms with Crippen LogP contribution in [0.15, 0.2) is 54.6 Å². The molecule has 29 heavy (non-hydrogen) atoms. The Labute approximate surface area is 168 Å². The zero-order chi connectivity index (χ0) is 20.2. The van der Waals surface area contributed by atoms with Crippen LogP contribution in [0.25, 0.3) is 10.8 Å². The van der Waals surface area contributed by atoms with E-state index >= 15 is 0 Å². The van der Waals surface area contributed by atoms with Crippen LogP contribution < -0.4 is 14.2 Å². The number of likely N-dealkylation sites (N-methyl/N-ethyl adjacent to an activating group) is 1. The van der Waals surface area contributed by atoms with E-state index in [1.807, 2.05) is 55.5 Å². The number of carbonyl (C=O) groups excluding carboxylic acids is 2. The normalized spacial score (nSPS) is 12.0. The maximum Gasteiger partial charge on any atom is 0.260 e. The Kier molecular flexibility index (Phi) is 5.33. The van der Waals surface area contributed by atoms with Gasteiger partial charge < -0.3 is 19.1 Å². The van der Waals surface area contributed by atoms with Gasteiger partial charge in [0.05, 0.1) is 5.56 Å². The molecular weight excluding hydrogens is 370 g/mol. The van der Waals surface area contributed by atoms with Crippen molar-refractivity contribution in [2.45, 2.75) is 13.5 Å². The number of aldehydes is 1. The molecule has 0 fully saturated rings. The summed E-state index contributed by atoms with van der Waals surface area (Å²) in [6.07, 6.45) is 0.770. The first kappa shape index (κ1) is 18.8. The molecule has 0 radical (unpaired) electrons. The summed E-state index contributed by atoms with van der Waals surface area (Å²) in [5.41, 5.74) is 1.40. The minimum absolute atomic E-state index is 0.141. The molecule has 1 aliphatic rings. The van der Waals surface area contributed by atoms with E-state index in [-0.39, 0.29) is 19.3 Å². The third-order valence-corrected chi connectivity index (χ3v) is 4.94. The number of rotatable bonds is 7. The van der Waals surface area contributed by atoms with Gasteiger partial charge in [-0.3, -0.25) is 9.59 Å². The molecule has 0 unspecified atom stereocenters. The van der Waals surface area contributed by atoms with Gasteiger partial charge in [-0.05, 0) is 41.5 Å². The van der Waals surface area contributed by atoms with E-state index in [1.54, 1.807) is 11.0 Å². The van der Waals surface area contributed by atoms with Gasteiger partial charge in [-0.2, -0.15) is 0 Å². The second-order valence-corrected chi connectivity index (χ2v) is 6.70. The maximum atomic E-state index is 12.7. The van der Waals surface area contributed by atoms with Gasteiger partial charge in [0.25, 0.3) is 5.91 Å². The number of fused-ring (bicyclic) bond motifs is 2. The SMILES string of the molecule is CCN(Cc1ccc2c(c1)OCO2)C(=O)COc1ccc2ccccc2c1C=O. The molecule has 6 heteroatoms. The third-order valence-electron chi connectivity index (χ3n) is 4.94. The number of hydrogen-bond donors (Lipinski definition) is 0. The molecule has 0 N–H and O–H groups in total. The highest BCUT2D eigenvalue weighted by atomic mass is 16.7. The van der Waals surface area contributed by atoms with Crippen molar-refractivity contribution in [3.8, 4) is 17.2 Å². The van der Waals surface area contributed by atoms with Crippen LogP contribution in [0, 0.1) is 0 Å². The number of nitrogens with zero attached hydrogens (tertiary/aromatic N) is 1. The molecule has 4 rings (SSSR count). The zero-order valence-corrected chi connectivity index (χ0v) is 16.1. The number of hydrogen-bond acceptors (Lipinski definition) is 5. The summed E-state index contributed by atoms with van der Waals surface area (Å²) in [6.45, 7) is 2.96. The quantitative estimate of drug-likeness (QED) is 0.573. The van der Waals surface area contributed by atoms with E-state index in [0.717, 1.165) is 22.6 Å². The van der Waals surface area contributed by atoms with Crippen molar-refractivity contribution in [1.82, 2.24) is 4.90 Å². The summed E-state index contributed by atoms with van der Waals surface area (Å²) < 4.78 is 16.4. The molecule has 0 bridgehead atoms. The van der Waals surface area contributed by atoms with Gasteiger partial charge in [0.1, 0.15) is 5.75 Å². The largest absolute Gasteiger partial charge is 0.483 e. The Hall–Kier alpha value is -3.54. The topological polar surface area (TPSA) is 65.1 Å². The minimum atomic E-state index is -0.157. The van der Waals surface area contributed by atoms with E-state index < -0.39 is 0 Å². The summed E-state index contributed by atoms with van der Waals surface area (Å²) >= 11 is 0. The first-order valence-electron chi connectivity index (χ1n) is 9.45. The Morgan fingerprint density at radius 2 is 1.93 bits per heavy atom. The highest BCUT2D eigenvalue weighted by Crippen LogP contribution is 2.33. The van der Waals surface area contributed by atoms with E-state index in [1.165, 1.54) is 0 Å². The first-order chi connectivity index (χ1) is 14.2. The molecular formula is C23H21NO5. The maximum absolute atomic E-state index is 12.7. The average molecular weight is 391 g/mol. The van der Waals surface area contributed by atoms with Crippen LogP contribution in [0.4, 0.5) is 0 Å². The molecule has 0 saturated heterocycles. The molecule has 1 aliphatic heterocycles. The Bertz CT molecular complexity index is 1060. The second kappa shape index (κ2) is 8.22. The molecule has 148 valence electrons. The van der Waals surface area contributed by atoms with Crippen molar-refractivity contribution in [2.24, 2.45) is 0 Å². The highest BCUT2D eigenvalue weighted by molar-refractivity contribution is 6.00. The molecule has 3 aromatic rings. The van der Waals surface area contributed by atoms with Crippen LogP contribution in [0.5, 0.6) is 17.2 Å². The molecule has 0 saturated carbocycles. The lowest BCUT2D eigenvalue weighted by molar-refractivity contribution is -0.133. The van der Waals surface area contributed by atoms with Gasteiger partial charge in [-0.15, -0.1) is 0 Å². The fourth-order valence-corrected chi connectivity index (χ4v) is 3.39. The smallest absolute Gasteiger partial charge is 0.260 e. The number of benzene rings is 3. The van der Waals surface area contributed by atoms with Gasteiger partial charge in [0, 0.05) is 13.1 Å². The fourth-order valence-electron chi connectivity index (χ4n) is 3.39. The predicted octanol–water partition coefficient (Wildman–Crippen LogP) is 3.81. The first-order valence-corrected chi connectivity index (χ1v) is 9.45. The Morgan fingerprint density at radius 1 is 1.10 bits per heavy atom. The molecule has 0 atom stereocenters.